The largest absolute Gasteiger partial charge is 0.504 e. The second-order valence-corrected chi connectivity index (χ2v) is 9.04. The van der Waals surface area contributed by atoms with Gasteiger partial charge in [-0.3, -0.25) is 9.48 Å². The normalized spacial score (nSPS) is 12.0. The number of amides is 1. The number of hydrogen-bond acceptors (Lipinski definition) is 5. The predicted molar refractivity (Wildman–Crippen MR) is 127 cm³/mol. The van der Waals surface area contributed by atoms with Gasteiger partial charge in [0.25, 0.3) is 5.91 Å². The minimum Gasteiger partial charge on any atom is -0.504 e. The summed E-state index contributed by atoms with van der Waals surface area (Å²) >= 11 is 5.92. The lowest BCUT2D eigenvalue weighted by atomic mass is 9.86. The number of aromatic nitrogens is 2. The lowest BCUT2D eigenvalue weighted by Gasteiger charge is -2.19. The molecule has 3 rings (SSSR count). The van der Waals surface area contributed by atoms with Crippen LogP contribution in [0.2, 0.25) is 5.02 Å². The summed E-state index contributed by atoms with van der Waals surface area (Å²) in [7, 11) is 1.72. The summed E-state index contributed by atoms with van der Waals surface area (Å²) in [4.78, 5) is 23.5. The van der Waals surface area contributed by atoms with Crippen LogP contribution < -0.4 is 5.43 Å². The van der Waals surface area contributed by atoms with Gasteiger partial charge in [-0.2, -0.15) is 10.2 Å². The first-order chi connectivity index (χ1) is 15.4. The Bertz CT molecular complexity index is 1250. The van der Waals surface area contributed by atoms with Crippen LogP contribution in [0.25, 0.3) is 11.3 Å². The Hall–Kier alpha value is -3.65. The summed E-state index contributed by atoms with van der Waals surface area (Å²) in [5.41, 5.74) is 5.45. The number of carboxylic acids is 1. The molecule has 1 amide bonds. The Morgan fingerprint density at radius 1 is 1.12 bits per heavy atom. The highest BCUT2D eigenvalue weighted by molar-refractivity contribution is 6.33. The molecule has 0 aliphatic heterocycles. The van der Waals surface area contributed by atoms with Crippen molar-refractivity contribution in [1.29, 1.82) is 0 Å². The number of nitrogens with one attached hydrogen (secondary N) is 1. The first-order valence-electron chi connectivity index (χ1n) is 10.1. The first kappa shape index (κ1) is 24.0. The Kier molecular flexibility index (Phi) is 6.60. The molecule has 0 radical (unpaired) electrons. The predicted octanol–water partition coefficient (Wildman–Crippen LogP) is 4.60. The van der Waals surface area contributed by atoms with Gasteiger partial charge in [0.05, 0.1) is 16.3 Å². The third-order valence-electron chi connectivity index (χ3n) is 5.18. The van der Waals surface area contributed by atoms with Gasteiger partial charge in [0, 0.05) is 18.2 Å². The maximum Gasteiger partial charge on any atom is 0.337 e. The van der Waals surface area contributed by atoms with Gasteiger partial charge in [0.1, 0.15) is 5.69 Å². The van der Waals surface area contributed by atoms with Crippen molar-refractivity contribution in [3.05, 3.63) is 69.9 Å². The summed E-state index contributed by atoms with van der Waals surface area (Å²) in [5.74, 6) is -1.82. The van der Waals surface area contributed by atoms with Crippen molar-refractivity contribution in [2.45, 2.75) is 33.1 Å². The molecule has 1 aromatic heterocycles. The van der Waals surface area contributed by atoms with Gasteiger partial charge in [-0.05, 0) is 36.1 Å². The van der Waals surface area contributed by atoms with Crippen LogP contribution in [0.1, 0.15) is 59.7 Å². The molecular weight excluding hydrogens is 444 g/mol. The Morgan fingerprint density at radius 2 is 1.76 bits per heavy atom. The second-order valence-electron chi connectivity index (χ2n) is 8.63. The van der Waals surface area contributed by atoms with Crippen molar-refractivity contribution < 1.29 is 19.8 Å². The van der Waals surface area contributed by atoms with Crippen molar-refractivity contribution in [3.63, 3.8) is 0 Å². The van der Waals surface area contributed by atoms with Crippen LogP contribution in [-0.2, 0) is 12.5 Å². The van der Waals surface area contributed by atoms with E-state index in [-0.39, 0.29) is 33.0 Å². The van der Waals surface area contributed by atoms with E-state index in [0.29, 0.717) is 11.4 Å². The van der Waals surface area contributed by atoms with Crippen LogP contribution in [-0.4, -0.2) is 37.6 Å². The fourth-order valence-corrected chi connectivity index (χ4v) is 3.55. The molecule has 1 heterocycles. The minimum absolute atomic E-state index is 0.0117. The molecule has 3 N–H and O–H groups in total. The number of halogens is 1. The van der Waals surface area contributed by atoms with E-state index in [4.69, 9.17) is 16.7 Å². The van der Waals surface area contributed by atoms with Gasteiger partial charge in [-0.25, -0.2) is 10.2 Å². The molecule has 33 heavy (non-hydrogen) atoms. The number of carboxylic acid groups (broad SMARTS) is 1. The molecule has 0 aliphatic carbocycles. The molecular formula is C24H25ClN4O4. The summed E-state index contributed by atoms with van der Waals surface area (Å²) in [6.45, 7) is 7.99. The van der Waals surface area contributed by atoms with Crippen molar-refractivity contribution >= 4 is 29.2 Å². The highest BCUT2D eigenvalue weighted by atomic mass is 35.5. The van der Waals surface area contributed by atoms with Gasteiger partial charge in [-0.1, -0.05) is 56.6 Å². The van der Waals surface area contributed by atoms with Crippen LogP contribution in [0.3, 0.4) is 0 Å². The number of hydrogen-bond donors (Lipinski definition) is 3. The Morgan fingerprint density at radius 3 is 2.30 bits per heavy atom. The average Bonchev–Trinajstić information content (AvgIpc) is 3.04. The molecule has 172 valence electrons. The zero-order valence-corrected chi connectivity index (χ0v) is 19.7. The summed E-state index contributed by atoms with van der Waals surface area (Å²) in [5, 5.41) is 28.2. The molecule has 0 aliphatic rings. The zero-order valence-electron chi connectivity index (χ0n) is 19.0. The number of nitrogens with zero attached hydrogens (tertiary/aromatic N) is 3. The lowest BCUT2D eigenvalue weighted by molar-refractivity contribution is 0.0696. The van der Waals surface area contributed by atoms with E-state index in [0.717, 1.165) is 5.56 Å². The van der Waals surface area contributed by atoms with E-state index in [1.54, 1.807) is 18.7 Å². The molecule has 0 saturated carbocycles. The molecule has 2 aromatic carbocycles. The van der Waals surface area contributed by atoms with Crippen molar-refractivity contribution in [2.24, 2.45) is 12.1 Å². The highest BCUT2D eigenvalue weighted by Crippen LogP contribution is 2.33. The lowest BCUT2D eigenvalue weighted by Crippen LogP contribution is -2.19. The van der Waals surface area contributed by atoms with Crippen LogP contribution in [0.15, 0.2) is 47.6 Å². The van der Waals surface area contributed by atoms with E-state index in [1.165, 1.54) is 23.8 Å². The topological polar surface area (TPSA) is 117 Å². The van der Waals surface area contributed by atoms with Crippen LogP contribution in [0.4, 0.5) is 0 Å². The van der Waals surface area contributed by atoms with Crippen LogP contribution >= 0.6 is 11.6 Å². The van der Waals surface area contributed by atoms with Crippen molar-refractivity contribution in [2.75, 3.05) is 0 Å². The minimum atomic E-state index is -1.18. The smallest absolute Gasteiger partial charge is 0.337 e. The van der Waals surface area contributed by atoms with Gasteiger partial charge in [0.2, 0.25) is 0 Å². The number of aromatic carboxylic acids is 1. The molecule has 9 heteroatoms. The number of hydrazone groups is 1. The average molecular weight is 469 g/mol. The molecule has 0 fully saturated rings. The molecule has 0 unspecified atom stereocenters. The van der Waals surface area contributed by atoms with Gasteiger partial charge in [0.15, 0.2) is 11.4 Å². The number of aromatic hydroxyl groups is 1. The van der Waals surface area contributed by atoms with Crippen molar-refractivity contribution in [3.8, 4) is 17.0 Å². The van der Waals surface area contributed by atoms with Gasteiger partial charge < -0.3 is 10.2 Å². The number of carbonyl (C=O) groups is 2. The first-order valence-corrected chi connectivity index (χ1v) is 10.5. The zero-order chi connectivity index (χ0) is 24.5. The van der Waals surface area contributed by atoms with E-state index in [1.807, 2.05) is 24.3 Å². The standard InChI is InChI=1S/C24H25ClN4O4/c1-13(26-27-22(31)15-8-11-17(23(32)33)18(25)12-15)19-21(30)20(29(5)28-19)14-6-9-16(10-7-14)24(2,3)4/h6-12,30H,1-5H3,(H,27,31)(H,32,33)/b26-13-. The maximum absolute atomic E-state index is 12.4. The quantitative estimate of drug-likeness (QED) is 0.374. The monoisotopic (exact) mass is 468 g/mol. The molecule has 8 nitrogen and oxygen atoms in total. The SMILES string of the molecule is C/C(=N/NC(=O)c1ccc(C(=O)O)c(Cl)c1)c1nn(C)c(-c2ccc(C(C)(C)C)cc2)c1O. The van der Waals surface area contributed by atoms with E-state index in [2.05, 4.69) is 36.4 Å². The second kappa shape index (κ2) is 9.07. The van der Waals surface area contributed by atoms with E-state index < -0.39 is 11.9 Å². The molecule has 0 spiro atoms. The number of aryl methyl sites for hydroxylation is 1. The van der Waals surface area contributed by atoms with Gasteiger partial charge in [-0.15, -0.1) is 0 Å². The van der Waals surface area contributed by atoms with Crippen LogP contribution in [0, 0.1) is 0 Å². The highest BCUT2D eigenvalue weighted by Gasteiger charge is 2.21. The van der Waals surface area contributed by atoms with Gasteiger partial charge >= 0.3 is 5.97 Å². The number of rotatable bonds is 5. The summed E-state index contributed by atoms with van der Waals surface area (Å²) in [6.07, 6.45) is 0. The summed E-state index contributed by atoms with van der Waals surface area (Å²) in [6, 6.07) is 11.7. The third kappa shape index (κ3) is 5.06. The molecule has 0 bridgehead atoms. The third-order valence-corrected chi connectivity index (χ3v) is 5.49. The molecule has 0 atom stereocenters. The van der Waals surface area contributed by atoms with Crippen LogP contribution in [0.5, 0.6) is 5.75 Å². The maximum atomic E-state index is 12.4. The summed E-state index contributed by atoms with van der Waals surface area (Å²) < 4.78 is 1.56. The fraction of sp³-hybridized carbons (Fsp3) is 0.250. The molecule has 3 aromatic rings. The van der Waals surface area contributed by atoms with E-state index >= 15 is 0 Å². The fourth-order valence-electron chi connectivity index (χ4n) is 3.29. The molecule has 0 saturated heterocycles. The Balaban J connectivity index is 1.83. The number of benzene rings is 2. The van der Waals surface area contributed by atoms with Crippen molar-refractivity contribution in [1.82, 2.24) is 15.2 Å². The number of carbonyl (C=O) groups excluding carboxylic acids is 1. The van der Waals surface area contributed by atoms with E-state index in [9.17, 15) is 14.7 Å². The Labute approximate surface area is 196 Å².